The SMILES string of the molecule is N#Cc1ccc(CNC(=O)Cc2cccc(Cl)c2)cc1. The number of amides is 1. The number of carbonyl (C=O) groups excluding carboxylic acids is 1. The summed E-state index contributed by atoms with van der Waals surface area (Å²) in [6.07, 6.45) is 0.302. The van der Waals surface area contributed by atoms with E-state index in [0.29, 0.717) is 23.6 Å². The second-order valence-corrected chi connectivity index (χ2v) is 4.83. The van der Waals surface area contributed by atoms with Gasteiger partial charge in [0.2, 0.25) is 5.91 Å². The zero-order chi connectivity index (χ0) is 14.4. The Morgan fingerprint density at radius 2 is 1.90 bits per heavy atom. The van der Waals surface area contributed by atoms with E-state index in [-0.39, 0.29) is 5.91 Å². The molecule has 1 N–H and O–H groups in total. The molecule has 0 saturated heterocycles. The molecule has 0 aliphatic rings. The fourth-order valence-corrected chi connectivity index (χ4v) is 2.01. The summed E-state index contributed by atoms with van der Waals surface area (Å²) >= 11 is 5.87. The normalized spacial score (nSPS) is 9.80. The van der Waals surface area contributed by atoms with Crippen LogP contribution < -0.4 is 5.32 Å². The number of rotatable bonds is 4. The number of nitriles is 1. The average Bonchev–Trinajstić information content (AvgIpc) is 2.46. The Balaban J connectivity index is 1.87. The molecule has 20 heavy (non-hydrogen) atoms. The molecule has 0 aromatic heterocycles. The number of nitrogens with one attached hydrogen (secondary N) is 1. The first-order valence-corrected chi connectivity index (χ1v) is 6.55. The van der Waals surface area contributed by atoms with E-state index >= 15 is 0 Å². The minimum Gasteiger partial charge on any atom is -0.352 e. The van der Waals surface area contributed by atoms with Crippen molar-refractivity contribution in [3.63, 3.8) is 0 Å². The minimum atomic E-state index is -0.0587. The topological polar surface area (TPSA) is 52.9 Å². The summed E-state index contributed by atoms with van der Waals surface area (Å²) in [7, 11) is 0. The van der Waals surface area contributed by atoms with E-state index in [0.717, 1.165) is 11.1 Å². The van der Waals surface area contributed by atoms with Crippen LogP contribution in [0.3, 0.4) is 0 Å². The first-order chi connectivity index (χ1) is 9.67. The smallest absolute Gasteiger partial charge is 0.224 e. The van der Waals surface area contributed by atoms with Crippen molar-refractivity contribution in [3.8, 4) is 6.07 Å². The lowest BCUT2D eigenvalue weighted by Gasteiger charge is -2.06. The Labute approximate surface area is 122 Å². The van der Waals surface area contributed by atoms with Gasteiger partial charge < -0.3 is 5.32 Å². The van der Waals surface area contributed by atoms with Crippen molar-refractivity contribution in [2.75, 3.05) is 0 Å². The molecule has 0 saturated carbocycles. The monoisotopic (exact) mass is 284 g/mol. The largest absolute Gasteiger partial charge is 0.352 e. The van der Waals surface area contributed by atoms with E-state index in [4.69, 9.17) is 16.9 Å². The van der Waals surface area contributed by atoms with Gasteiger partial charge >= 0.3 is 0 Å². The lowest BCUT2D eigenvalue weighted by atomic mass is 10.1. The molecule has 0 atom stereocenters. The van der Waals surface area contributed by atoms with Crippen molar-refractivity contribution >= 4 is 17.5 Å². The van der Waals surface area contributed by atoms with Crippen molar-refractivity contribution in [1.29, 1.82) is 5.26 Å². The van der Waals surface area contributed by atoms with Crippen molar-refractivity contribution in [3.05, 3.63) is 70.2 Å². The fraction of sp³-hybridized carbons (Fsp3) is 0.125. The maximum Gasteiger partial charge on any atom is 0.224 e. The van der Waals surface area contributed by atoms with Gasteiger partial charge in [0, 0.05) is 11.6 Å². The molecule has 0 unspecified atom stereocenters. The highest BCUT2D eigenvalue weighted by Crippen LogP contribution is 2.11. The standard InChI is InChI=1S/C16H13ClN2O/c17-15-3-1-2-14(8-15)9-16(20)19-11-13-6-4-12(10-18)5-7-13/h1-8H,9,11H2,(H,19,20). The van der Waals surface area contributed by atoms with Gasteiger partial charge in [-0.1, -0.05) is 35.9 Å². The van der Waals surface area contributed by atoms with Gasteiger partial charge in [0.1, 0.15) is 0 Å². The number of benzene rings is 2. The lowest BCUT2D eigenvalue weighted by Crippen LogP contribution is -2.24. The van der Waals surface area contributed by atoms with Crippen LogP contribution in [0.15, 0.2) is 48.5 Å². The van der Waals surface area contributed by atoms with Crippen LogP contribution in [0.1, 0.15) is 16.7 Å². The van der Waals surface area contributed by atoms with E-state index < -0.39 is 0 Å². The highest BCUT2D eigenvalue weighted by Gasteiger charge is 2.04. The van der Waals surface area contributed by atoms with E-state index in [1.165, 1.54) is 0 Å². The second-order valence-electron chi connectivity index (χ2n) is 4.39. The summed E-state index contributed by atoms with van der Waals surface area (Å²) in [6.45, 7) is 0.450. The third-order valence-corrected chi connectivity index (χ3v) is 3.06. The van der Waals surface area contributed by atoms with E-state index in [9.17, 15) is 4.79 Å². The third-order valence-electron chi connectivity index (χ3n) is 2.83. The van der Waals surface area contributed by atoms with E-state index in [1.54, 1.807) is 24.3 Å². The molecule has 1 amide bonds. The third kappa shape index (κ3) is 4.11. The van der Waals surface area contributed by atoms with Crippen LogP contribution in [0, 0.1) is 11.3 Å². The molecule has 0 aliphatic carbocycles. The predicted molar refractivity (Wildman–Crippen MR) is 78.2 cm³/mol. The van der Waals surface area contributed by atoms with Crippen molar-refractivity contribution in [1.82, 2.24) is 5.32 Å². The molecule has 2 aromatic rings. The highest BCUT2D eigenvalue weighted by molar-refractivity contribution is 6.30. The molecule has 0 heterocycles. The maximum atomic E-state index is 11.8. The van der Waals surface area contributed by atoms with Crippen LogP contribution in [-0.2, 0) is 17.8 Å². The number of nitrogens with zero attached hydrogens (tertiary/aromatic N) is 1. The zero-order valence-corrected chi connectivity index (χ0v) is 11.5. The molecule has 3 nitrogen and oxygen atoms in total. The van der Waals surface area contributed by atoms with Crippen LogP contribution in [0.5, 0.6) is 0 Å². The predicted octanol–water partition coefficient (Wildman–Crippen LogP) is 3.07. The van der Waals surface area contributed by atoms with Gasteiger partial charge in [0.25, 0.3) is 0 Å². The summed E-state index contributed by atoms with van der Waals surface area (Å²) in [5.74, 6) is -0.0587. The molecule has 0 fully saturated rings. The minimum absolute atomic E-state index is 0.0587. The summed E-state index contributed by atoms with van der Waals surface area (Å²) in [5.41, 5.74) is 2.46. The average molecular weight is 285 g/mol. The molecule has 0 radical (unpaired) electrons. The highest BCUT2D eigenvalue weighted by atomic mass is 35.5. The number of hydrogen-bond donors (Lipinski definition) is 1. The summed E-state index contributed by atoms with van der Waals surface area (Å²) < 4.78 is 0. The summed E-state index contributed by atoms with van der Waals surface area (Å²) in [4.78, 5) is 11.8. The Hall–Kier alpha value is -2.31. The van der Waals surface area contributed by atoms with Gasteiger partial charge in [-0.15, -0.1) is 0 Å². The second kappa shape index (κ2) is 6.74. The Morgan fingerprint density at radius 1 is 1.15 bits per heavy atom. The maximum absolute atomic E-state index is 11.8. The summed E-state index contributed by atoms with van der Waals surface area (Å²) in [5, 5.41) is 12.2. The van der Waals surface area contributed by atoms with Crippen LogP contribution in [0.4, 0.5) is 0 Å². The molecule has 0 aliphatic heterocycles. The molecule has 100 valence electrons. The van der Waals surface area contributed by atoms with E-state index in [2.05, 4.69) is 11.4 Å². The quantitative estimate of drug-likeness (QED) is 0.938. The molecule has 2 aromatic carbocycles. The van der Waals surface area contributed by atoms with Gasteiger partial charge in [-0.25, -0.2) is 0 Å². The van der Waals surface area contributed by atoms with Crippen LogP contribution in [0.25, 0.3) is 0 Å². The molecule has 0 spiro atoms. The van der Waals surface area contributed by atoms with Gasteiger partial charge in [-0.05, 0) is 35.4 Å². The van der Waals surface area contributed by atoms with Gasteiger partial charge in [0.15, 0.2) is 0 Å². The number of carbonyl (C=O) groups is 1. The Kier molecular flexibility index (Phi) is 4.75. The molecular weight excluding hydrogens is 272 g/mol. The van der Waals surface area contributed by atoms with Gasteiger partial charge in [-0.2, -0.15) is 5.26 Å². The molecular formula is C16H13ClN2O. The zero-order valence-electron chi connectivity index (χ0n) is 10.8. The number of halogens is 1. The van der Waals surface area contributed by atoms with Crippen molar-refractivity contribution < 1.29 is 4.79 Å². The Morgan fingerprint density at radius 3 is 2.55 bits per heavy atom. The molecule has 2 rings (SSSR count). The van der Waals surface area contributed by atoms with Crippen LogP contribution >= 0.6 is 11.6 Å². The van der Waals surface area contributed by atoms with Gasteiger partial charge in [0.05, 0.1) is 18.1 Å². The molecule has 0 bridgehead atoms. The molecule has 4 heteroatoms. The number of hydrogen-bond acceptors (Lipinski definition) is 2. The lowest BCUT2D eigenvalue weighted by molar-refractivity contribution is -0.120. The van der Waals surface area contributed by atoms with E-state index in [1.807, 2.05) is 24.3 Å². The Bertz CT molecular complexity index is 644. The summed E-state index contributed by atoms with van der Waals surface area (Å²) in [6, 6.07) is 16.4. The van der Waals surface area contributed by atoms with Crippen molar-refractivity contribution in [2.24, 2.45) is 0 Å². The first kappa shape index (κ1) is 14.1. The van der Waals surface area contributed by atoms with Crippen LogP contribution in [0.2, 0.25) is 5.02 Å². The fourth-order valence-electron chi connectivity index (χ4n) is 1.79. The van der Waals surface area contributed by atoms with Gasteiger partial charge in [-0.3, -0.25) is 4.79 Å². The first-order valence-electron chi connectivity index (χ1n) is 6.17. The van der Waals surface area contributed by atoms with Crippen LogP contribution in [-0.4, -0.2) is 5.91 Å². The van der Waals surface area contributed by atoms with Crippen molar-refractivity contribution in [2.45, 2.75) is 13.0 Å².